The Morgan fingerprint density at radius 1 is 0.519 bits per heavy atom. The molecular formula is C44H50O10. The Morgan fingerprint density at radius 3 is 1.13 bits per heavy atom. The molecule has 2 N–H and O–H groups in total. The summed E-state index contributed by atoms with van der Waals surface area (Å²) in [5.74, 6) is -1.77. The number of hydrogen-bond donors (Lipinski definition) is 2. The van der Waals surface area contributed by atoms with Gasteiger partial charge in [-0.2, -0.15) is 0 Å². The number of benzene rings is 4. The van der Waals surface area contributed by atoms with Crippen LogP contribution in [0, 0.1) is 0 Å². The number of carbonyl (C=O) groups is 4. The second kappa shape index (κ2) is 18.6. The molecule has 4 atom stereocenters. The van der Waals surface area contributed by atoms with Crippen LogP contribution in [-0.4, -0.2) is 70.3 Å². The second-order valence-electron chi connectivity index (χ2n) is 14.6. The Balaban J connectivity index is 1.52. The third-order valence-corrected chi connectivity index (χ3v) is 8.95. The molecule has 286 valence electrons. The van der Waals surface area contributed by atoms with Gasteiger partial charge in [-0.05, 0) is 112 Å². The van der Waals surface area contributed by atoms with Crippen molar-refractivity contribution in [2.75, 3.05) is 13.2 Å². The Hall–Kier alpha value is -5.32. The van der Waals surface area contributed by atoms with Gasteiger partial charge in [0.25, 0.3) is 0 Å². The molecule has 10 heteroatoms. The monoisotopic (exact) mass is 738 g/mol. The molecule has 54 heavy (non-hydrogen) atoms. The molecule has 0 heterocycles. The Kier molecular flexibility index (Phi) is 14.3. The van der Waals surface area contributed by atoms with Crippen molar-refractivity contribution in [3.05, 3.63) is 131 Å². The molecule has 0 spiro atoms. The molecule has 0 saturated carbocycles. The molecular weight excluding hydrogens is 688 g/mol. The fourth-order valence-electron chi connectivity index (χ4n) is 5.89. The highest BCUT2D eigenvalue weighted by molar-refractivity contribution is 6.02. The first-order chi connectivity index (χ1) is 25.5. The molecule has 4 rings (SSSR count). The lowest BCUT2D eigenvalue weighted by Crippen LogP contribution is -2.39. The zero-order valence-corrected chi connectivity index (χ0v) is 31.7. The summed E-state index contributed by atoms with van der Waals surface area (Å²) in [6, 6.07) is 31.7. The van der Waals surface area contributed by atoms with Gasteiger partial charge in [-0.1, -0.05) is 74.5 Å². The Labute approximate surface area is 317 Å². The van der Waals surface area contributed by atoms with Crippen LogP contribution >= 0.6 is 0 Å². The lowest BCUT2D eigenvalue weighted by atomic mass is 9.88. The van der Waals surface area contributed by atoms with Crippen LogP contribution in [0.2, 0.25) is 0 Å². The zero-order valence-electron chi connectivity index (χ0n) is 31.7. The van der Waals surface area contributed by atoms with E-state index in [1.165, 1.54) is 76.2 Å². The second-order valence-corrected chi connectivity index (χ2v) is 14.6. The summed E-state index contributed by atoms with van der Waals surface area (Å²) < 4.78 is 23.6. The van der Waals surface area contributed by atoms with E-state index in [-0.39, 0.29) is 11.8 Å². The van der Waals surface area contributed by atoms with Crippen LogP contribution < -0.4 is 9.47 Å². The number of Topliss-reactive ketones (excluding diaryl/α,β-unsaturated/α-hetero) is 2. The molecule has 0 aliphatic heterocycles. The van der Waals surface area contributed by atoms with E-state index < -0.39 is 60.1 Å². The first-order valence-corrected chi connectivity index (χ1v) is 18.0. The van der Waals surface area contributed by atoms with Crippen molar-refractivity contribution in [1.82, 2.24) is 0 Å². The number of carbonyl (C=O) groups excluding carboxylic acids is 4. The number of esters is 2. The zero-order chi connectivity index (χ0) is 39.5. The van der Waals surface area contributed by atoms with Gasteiger partial charge >= 0.3 is 11.9 Å². The SMILES string of the molecule is CC(CC(OC(=O)COc1ccc(C(=O)C(C)(C)O)cc1)C(CC(C)c1ccccc1)OC(=O)COc1ccc(C(=O)C(C)(C)O)cc1)c1ccccc1. The molecule has 4 aromatic rings. The summed E-state index contributed by atoms with van der Waals surface area (Å²) in [6.45, 7) is 8.77. The lowest BCUT2D eigenvalue weighted by Gasteiger charge is -2.31. The molecule has 0 aliphatic rings. The van der Waals surface area contributed by atoms with Crippen molar-refractivity contribution >= 4 is 23.5 Å². The molecule has 0 aromatic heterocycles. The molecule has 0 fully saturated rings. The van der Waals surface area contributed by atoms with Crippen molar-refractivity contribution in [2.45, 2.75) is 89.6 Å². The van der Waals surface area contributed by atoms with E-state index in [0.29, 0.717) is 35.5 Å². The lowest BCUT2D eigenvalue weighted by molar-refractivity contribution is -0.172. The molecule has 0 radical (unpaired) electrons. The molecule has 0 bridgehead atoms. The largest absolute Gasteiger partial charge is 0.482 e. The van der Waals surface area contributed by atoms with E-state index in [9.17, 15) is 29.4 Å². The van der Waals surface area contributed by atoms with Crippen LogP contribution in [0.15, 0.2) is 109 Å². The maximum atomic E-state index is 13.4. The van der Waals surface area contributed by atoms with Crippen molar-refractivity contribution in [3.63, 3.8) is 0 Å². The van der Waals surface area contributed by atoms with E-state index in [0.717, 1.165) is 11.1 Å². The van der Waals surface area contributed by atoms with Crippen LogP contribution in [0.1, 0.15) is 98.1 Å². The molecule has 10 nitrogen and oxygen atoms in total. The van der Waals surface area contributed by atoms with Crippen LogP contribution in [0.3, 0.4) is 0 Å². The highest BCUT2D eigenvalue weighted by Gasteiger charge is 2.33. The molecule has 0 saturated heterocycles. The van der Waals surface area contributed by atoms with Gasteiger partial charge in [0.1, 0.15) is 34.9 Å². The van der Waals surface area contributed by atoms with Gasteiger partial charge in [0.05, 0.1) is 0 Å². The number of ketones is 2. The first-order valence-electron chi connectivity index (χ1n) is 18.0. The van der Waals surface area contributed by atoms with E-state index >= 15 is 0 Å². The highest BCUT2D eigenvalue weighted by Crippen LogP contribution is 2.30. The minimum atomic E-state index is -1.53. The van der Waals surface area contributed by atoms with E-state index in [1.54, 1.807) is 0 Å². The normalized spacial score (nSPS) is 13.9. The van der Waals surface area contributed by atoms with Gasteiger partial charge < -0.3 is 29.2 Å². The van der Waals surface area contributed by atoms with Gasteiger partial charge in [-0.15, -0.1) is 0 Å². The van der Waals surface area contributed by atoms with Gasteiger partial charge in [0.2, 0.25) is 0 Å². The Bertz CT molecular complexity index is 1690. The molecule has 0 amide bonds. The van der Waals surface area contributed by atoms with E-state index in [4.69, 9.17) is 18.9 Å². The third-order valence-electron chi connectivity index (χ3n) is 8.95. The van der Waals surface area contributed by atoms with Crippen molar-refractivity contribution in [1.29, 1.82) is 0 Å². The first kappa shape index (κ1) is 41.4. The van der Waals surface area contributed by atoms with Crippen LogP contribution in [-0.2, 0) is 19.1 Å². The predicted molar refractivity (Wildman–Crippen MR) is 204 cm³/mol. The van der Waals surface area contributed by atoms with Gasteiger partial charge in [0, 0.05) is 11.1 Å². The summed E-state index contributed by atoms with van der Waals surface area (Å²) in [4.78, 5) is 51.6. The van der Waals surface area contributed by atoms with Gasteiger partial charge in [0.15, 0.2) is 24.8 Å². The van der Waals surface area contributed by atoms with Gasteiger partial charge in [-0.3, -0.25) is 9.59 Å². The fraction of sp³-hybridized carbons (Fsp3) is 0.364. The average molecular weight is 739 g/mol. The van der Waals surface area contributed by atoms with E-state index in [2.05, 4.69) is 0 Å². The summed E-state index contributed by atoms with van der Waals surface area (Å²) in [7, 11) is 0. The summed E-state index contributed by atoms with van der Waals surface area (Å²) in [6.07, 6.45) is -1.07. The number of hydrogen-bond acceptors (Lipinski definition) is 10. The van der Waals surface area contributed by atoms with Gasteiger partial charge in [-0.25, -0.2) is 9.59 Å². The summed E-state index contributed by atoms with van der Waals surface area (Å²) >= 11 is 0. The highest BCUT2D eigenvalue weighted by atomic mass is 16.6. The van der Waals surface area contributed by atoms with Crippen molar-refractivity contribution in [2.24, 2.45) is 0 Å². The minimum absolute atomic E-state index is 0.0830. The standard InChI is InChI=1S/C44H50O10/c1-29(31-13-9-7-10-14-31)25-37(53-39(45)27-51-35-21-17-33(18-22-35)41(47)43(3,4)49)38(26-30(2)32-15-11-8-12-16-32)54-40(46)28-52-36-23-19-34(20-24-36)42(48)44(5,6)50/h7-24,29-30,37-38,49-50H,25-28H2,1-6H3. The summed E-state index contributed by atoms with van der Waals surface area (Å²) in [5.41, 5.74) is -0.433. The average Bonchev–Trinajstić information content (AvgIpc) is 3.15. The van der Waals surface area contributed by atoms with Crippen LogP contribution in [0.4, 0.5) is 0 Å². The maximum absolute atomic E-state index is 13.4. The quantitative estimate of drug-likeness (QED) is 0.0745. The van der Waals surface area contributed by atoms with Crippen LogP contribution in [0.25, 0.3) is 0 Å². The number of ether oxygens (including phenoxy) is 4. The predicted octanol–water partition coefficient (Wildman–Crippen LogP) is 7.26. The summed E-state index contributed by atoms with van der Waals surface area (Å²) in [5, 5.41) is 20.1. The maximum Gasteiger partial charge on any atom is 0.344 e. The molecule has 4 unspecified atom stereocenters. The number of aliphatic hydroxyl groups is 2. The van der Waals surface area contributed by atoms with E-state index in [1.807, 2.05) is 74.5 Å². The number of rotatable bonds is 19. The van der Waals surface area contributed by atoms with Crippen molar-refractivity contribution in [3.8, 4) is 11.5 Å². The smallest absolute Gasteiger partial charge is 0.344 e. The molecule has 4 aromatic carbocycles. The minimum Gasteiger partial charge on any atom is -0.482 e. The molecule has 0 aliphatic carbocycles. The topological polar surface area (TPSA) is 146 Å². The van der Waals surface area contributed by atoms with Crippen molar-refractivity contribution < 1.29 is 48.3 Å². The fourth-order valence-corrected chi connectivity index (χ4v) is 5.89. The van der Waals surface area contributed by atoms with Crippen LogP contribution in [0.5, 0.6) is 11.5 Å². The third kappa shape index (κ3) is 12.4. The Morgan fingerprint density at radius 2 is 0.833 bits per heavy atom.